The van der Waals surface area contributed by atoms with Gasteiger partial charge < -0.3 is 5.11 Å². The zero-order valence-electron chi connectivity index (χ0n) is 9.18. The number of hydrogen-bond donors (Lipinski definition) is 1. The lowest BCUT2D eigenvalue weighted by molar-refractivity contribution is 0.204. The van der Waals surface area contributed by atoms with Gasteiger partial charge in [0.05, 0.1) is 6.10 Å². The molecular weight excluding hydrogens is 216 g/mol. The lowest BCUT2D eigenvalue weighted by Crippen LogP contribution is -2.08. The number of aliphatic hydroxyl groups is 1. The molecule has 0 spiro atoms. The monoisotopic (exact) mass is 230 g/mol. The van der Waals surface area contributed by atoms with Crippen LogP contribution in [-0.4, -0.2) is 16.1 Å². The molecule has 0 heterocycles. The summed E-state index contributed by atoms with van der Waals surface area (Å²) in [4.78, 5) is 0.820. The van der Waals surface area contributed by atoms with Gasteiger partial charge in [-0.3, -0.25) is 0 Å². The van der Waals surface area contributed by atoms with Crippen molar-refractivity contribution in [1.29, 1.82) is 0 Å². The lowest BCUT2D eigenvalue weighted by Gasteiger charge is -2.07. The molecule has 0 aromatic heterocycles. The average molecular weight is 230 g/mol. The highest BCUT2D eigenvalue weighted by atomic mass is 32.1. The minimum Gasteiger partial charge on any atom is -0.393 e. The zero-order valence-corrected chi connectivity index (χ0v) is 10.00. The molecule has 0 aliphatic carbocycles. The minimum atomic E-state index is -0.376. The topological polar surface area (TPSA) is 20.2 Å². The molecule has 0 saturated carbocycles. The van der Waals surface area contributed by atoms with Crippen molar-refractivity contribution in [3.63, 3.8) is 0 Å². The van der Waals surface area contributed by atoms with Gasteiger partial charge in [-0.15, -0.1) is 0 Å². The third-order valence-electron chi connectivity index (χ3n) is 2.55. The first kappa shape index (κ1) is 11.2. The van der Waals surface area contributed by atoms with Gasteiger partial charge in [-0.2, -0.15) is 0 Å². The highest BCUT2D eigenvalue weighted by Gasteiger charge is 2.05. The highest BCUT2D eigenvalue weighted by Crippen LogP contribution is 2.17. The number of aliphatic hydroxyl groups excluding tert-OH is 1. The largest absolute Gasteiger partial charge is 0.393 e. The second-order valence-electron chi connectivity index (χ2n) is 4.04. The summed E-state index contributed by atoms with van der Waals surface area (Å²) in [7, 11) is 0. The summed E-state index contributed by atoms with van der Waals surface area (Å²) in [6.07, 6.45) is 0.173. The number of fused-ring (bicyclic) bond motifs is 1. The summed E-state index contributed by atoms with van der Waals surface area (Å²) in [5, 5.41) is 11.7. The maximum absolute atomic E-state index is 9.31. The molecule has 0 saturated heterocycles. The Labute approximate surface area is 101 Å². The molecule has 82 valence electrons. The summed E-state index contributed by atoms with van der Waals surface area (Å²) >= 11 is 5.30. The van der Waals surface area contributed by atoms with Crippen LogP contribution in [0.5, 0.6) is 0 Å². The first-order valence-electron chi connectivity index (χ1n) is 5.37. The van der Waals surface area contributed by atoms with Crippen LogP contribution in [0, 0.1) is 0 Å². The van der Waals surface area contributed by atoms with E-state index in [2.05, 4.69) is 24.3 Å². The molecule has 2 aromatic rings. The van der Waals surface area contributed by atoms with Gasteiger partial charge in [-0.05, 0) is 29.3 Å². The predicted molar refractivity (Wildman–Crippen MR) is 71.9 cm³/mol. The maximum atomic E-state index is 9.31. The van der Waals surface area contributed by atoms with Gasteiger partial charge in [0.1, 0.15) is 0 Å². The quantitative estimate of drug-likeness (QED) is 0.644. The van der Waals surface area contributed by atoms with Crippen LogP contribution in [-0.2, 0) is 0 Å². The molecule has 16 heavy (non-hydrogen) atoms. The van der Waals surface area contributed by atoms with Crippen molar-refractivity contribution in [3.05, 3.63) is 48.0 Å². The van der Waals surface area contributed by atoms with Gasteiger partial charge >= 0.3 is 0 Å². The summed E-state index contributed by atoms with van der Waals surface area (Å²) in [6, 6.07) is 14.4. The van der Waals surface area contributed by atoms with Crippen LogP contribution in [0.25, 0.3) is 10.8 Å². The molecule has 0 radical (unpaired) electrons. The predicted octanol–water partition coefficient (Wildman–Crippen LogP) is 3.33. The zero-order chi connectivity index (χ0) is 11.5. The second kappa shape index (κ2) is 4.73. The Kier molecular flexibility index (Phi) is 3.32. The van der Waals surface area contributed by atoms with Gasteiger partial charge in [0.2, 0.25) is 0 Å². The van der Waals surface area contributed by atoms with Gasteiger partial charge in [0, 0.05) is 11.3 Å². The van der Waals surface area contributed by atoms with Crippen LogP contribution in [0.15, 0.2) is 42.5 Å². The van der Waals surface area contributed by atoms with Crippen molar-refractivity contribution in [3.8, 4) is 0 Å². The van der Waals surface area contributed by atoms with Crippen LogP contribution in [0.1, 0.15) is 18.9 Å². The molecule has 0 amide bonds. The van der Waals surface area contributed by atoms with E-state index in [4.69, 9.17) is 12.2 Å². The first-order chi connectivity index (χ1) is 7.66. The molecule has 0 aliphatic rings. The highest BCUT2D eigenvalue weighted by molar-refractivity contribution is 7.80. The summed E-state index contributed by atoms with van der Waals surface area (Å²) in [6.45, 7) is 1.76. The van der Waals surface area contributed by atoms with E-state index >= 15 is 0 Å². The van der Waals surface area contributed by atoms with Gasteiger partial charge in [0.15, 0.2) is 0 Å². The molecule has 1 N–H and O–H groups in total. The molecule has 2 rings (SSSR count). The van der Waals surface area contributed by atoms with E-state index in [1.165, 1.54) is 10.8 Å². The van der Waals surface area contributed by atoms with E-state index < -0.39 is 0 Å². The molecule has 2 aromatic carbocycles. The van der Waals surface area contributed by atoms with Crippen LogP contribution < -0.4 is 0 Å². The Morgan fingerprint density at radius 1 is 1.19 bits per heavy atom. The molecule has 2 heteroatoms. The van der Waals surface area contributed by atoms with Gasteiger partial charge in [-0.25, -0.2) is 0 Å². The van der Waals surface area contributed by atoms with Crippen molar-refractivity contribution >= 4 is 27.9 Å². The molecule has 1 atom stereocenters. The number of thiocarbonyl (C=S) groups is 1. The van der Waals surface area contributed by atoms with Crippen molar-refractivity contribution in [2.45, 2.75) is 19.4 Å². The molecule has 0 aliphatic heterocycles. The fraction of sp³-hybridized carbons (Fsp3) is 0.214. The maximum Gasteiger partial charge on any atom is 0.0560 e. The van der Waals surface area contributed by atoms with Crippen molar-refractivity contribution in [2.24, 2.45) is 0 Å². The third-order valence-corrected chi connectivity index (χ3v) is 2.95. The van der Waals surface area contributed by atoms with E-state index in [-0.39, 0.29) is 6.10 Å². The Morgan fingerprint density at radius 2 is 1.88 bits per heavy atom. The van der Waals surface area contributed by atoms with Crippen molar-refractivity contribution in [2.75, 3.05) is 0 Å². The van der Waals surface area contributed by atoms with Crippen LogP contribution in [0.2, 0.25) is 0 Å². The number of rotatable bonds is 3. The Hall–Kier alpha value is -1.25. The molecule has 1 unspecified atom stereocenters. The molecule has 1 nitrogen and oxygen atoms in total. The van der Waals surface area contributed by atoms with Crippen molar-refractivity contribution < 1.29 is 5.11 Å². The first-order valence-corrected chi connectivity index (χ1v) is 5.78. The van der Waals surface area contributed by atoms with Crippen LogP contribution in [0.3, 0.4) is 0 Å². The Morgan fingerprint density at radius 3 is 2.56 bits per heavy atom. The third kappa shape index (κ3) is 2.46. The average Bonchev–Trinajstić information content (AvgIpc) is 2.27. The van der Waals surface area contributed by atoms with E-state index in [9.17, 15) is 5.11 Å². The van der Waals surface area contributed by atoms with E-state index in [0.29, 0.717) is 6.42 Å². The van der Waals surface area contributed by atoms with Crippen molar-refractivity contribution in [1.82, 2.24) is 0 Å². The second-order valence-corrected chi connectivity index (χ2v) is 4.53. The minimum absolute atomic E-state index is 0.376. The molecular formula is C14H14OS. The van der Waals surface area contributed by atoms with Crippen LogP contribution >= 0.6 is 12.2 Å². The number of benzene rings is 2. The van der Waals surface area contributed by atoms with E-state index in [1.54, 1.807) is 6.92 Å². The lowest BCUT2D eigenvalue weighted by atomic mass is 10.0. The molecule has 0 fully saturated rings. The normalized spacial score (nSPS) is 12.6. The fourth-order valence-electron chi connectivity index (χ4n) is 1.75. The Balaban J connectivity index is 2.35. The van der Waals surface area contributed by atoms with Crippen LogP contribution in [0.4, 0.5) is 0 Å². The fourth-order valence-corrected chi connectivity index (χ4v) is 2.12. The van der Waals surface area contributed by atoms with Gasteiger partial charge in [-0.1, -0.05) is 48.6 Å². The van der Waals surface area contributed by atoms with E-state index in [1.807, 2.05) is 18.2 Å². The standard InChI is InChI=1S/C14H14OS/c1-10(15)8-14(16)13-7-6-11-4-2-3-5-12(11)9-13/h2-7,9-10,15H,8H2,1H3. The van der Waals surface area contributed by atoms with E-state index in [0.717, 1.165) is 10.4 Å². The summed E-state index contributed by atoms with van der Waals surface area (Å²) in [5.41, 5.74) is 1.04. The smallest absolute Gasteiger partial charge is 0.0560 e. The van der Waals surface area contributed by atoms with Gasteiger partial charge in [0.25, 0.3) is 0 Å². The molecule has 0 bridgehead atoms. The summed E-state index contributed by atoms with van der Waals surface area (Å²) in [5.74, 6) is 0. The SMILES string of the molecule is CC(O)CC(=S)c1ccc2ccccc2c1. The number of hydrogen-bond acceptors (Lipinski definition) is 2. The Bertz CT molecular complexity index is 517. The summed E-state index contributed by atoms with van der Waals surface area (Å²) < 4.78 is 0.